The van der Waals surface area contributed by atoms with Crippen LogP contribution in [0.15, 0.2) is 11.3 Å². The fourth-order valence-corrected chi connectivity index (χ4v) is 25.2. The molecule has 0 saturated carbocycles. The van der Waals surface area contributed by atoms with Crippen molar-refractivity contribution in [3.05, 3.63) is 22.3 Å². The number of hydrogen-bond acceptors (Lipinski definition) is 52. The standard InChI is InChI=1S/C24H52N3O25P7.C17H39N3O21P6.C7H13O4P/c1-21-18-23(28)24(47-21)20-46-55(33,34)49-57(37,38)51-59(41,42)52-58(39,40)50-56(35,36)48-54(31,32)45-16-12-9-7-5-3-4-6-8-11-15-27-19-22(25-26-27)14-10-13-17-44-53(29,30)43-2;1-15-13-16(21)17(36-15)14-35-43(24,25)38-45(28,29)40-47(32,33)41-46(30,31)39-44(26,27)37-42(22,23)34-12-10-8-6-4-2-3-5-7-9-11-19-20-18;1-3-4-5-6-7-11-12(8,9)10-2/h19,21,23-24,28H,3-18,20H2,1-2H3,(H,29,30)(H,31,32)(H,33,34)(H,35,36)(H,37,38)(H,39,40)(H,41,42);15-17,21H,2-14H2,1H3,(H,22,23)(H,24,25)(H,26,27)(H,28,29)(H,30,31)(H,32,33);1H,4-7H2,2H3,(H,8,9)/p-13/t21-,23?,24+;15-,16?,17+;/m00./s1. The topological polar surface area (TPSA) is 864 Å². The van der Waals surface area contributed by atoms with Crippen LogP contribution in [0.4, 0.5) is 0 Å². The molecule has 0 spiro atoms. The van der Waals surface area contributed by atoms with Gasteiger partial charge in [0.15, 0.2) is 0 Å². The fraction of sp³-hybridized carbons (Fsp3) is 0.917. The largest absolute Gasteiger partial charge is 0.756 e. The molecule has 3 N–H and O–H groups in total. The maximum Gasteiger partial charge on any atom is 0.471 e. The smallest absolute Gasteiger partial charge is 0.471 e. The summed E-state index contributed by atoms with van der Waals surface area (Å²) in [6.45, 7) is 1.18. The first kappa shape index (κ1) is 116. The lowest BCUT2D eigenvalue weighted by Gasteiger charge is -2.38. The van der Waals surface area contributed by atoms with Crippen LogP contribution in [0.25, 0.3) is 10.4 Å². The van der Waals surface area contributed by atoms with E-state index in [4.69, 9.17) is 26.0 Å². The molecule has 118 heavy (non-hydrogen) atoms. The van der Waals surface area contributed by atoms with E-state index in [1.165, 1.54) is 13.8 Å². The lowest BCUT2D eigenvalue weighted by Crippen LogP contribution is -2.27. The Morgan fingerprint density at radius 3 is 1.06 bits per heavy atom. The highest BCUT2D eigenvalue weighted by atomic mass is 31.3. The maximum absolute atomic E-state index is 11.9. The van der Waals surface area contributed by atoms with E-state index in [1.54, 1.807) is 4.68 Å². The molecule has 696 valence electrons. The van der Waals surface area contributed by atoms with Gasteiger partial charge in [-0.3, -0.25) is 73.1 Å². The molecule has 3 rings (SSSR count). The minimum atomic E-state index is -6.82. The van der Waals surface area contributed by atoms with Gasteiger partial charge in [-0.15, -0.1) is 17.4 Å². The van der Waals surface area contributed by atoms with Crippen molar-refractivity contribution in [1.82, 2.24) is 15.0 Å². The van der Waals surface area contributed by atoms with Crippen LogP contribution in [0.1, 0.15) is 180 Å². The number of azide groups is 1. The quantitative estimate of drug-likeness (QED) is 0.0210. The first-order valence-corrected chi connectivity index (χ1v) is 55.2. The first-order chi connectivity index (χ1) is 54.2. The van der Waals surface area contributed by atoms with Crippen LogP contribution in [0.2, 0.25) is 0 Å². The summed E-state index contributed by atoms with van der Waals surface area (Å²) in [6, 6.07) is 0. The van der Waals surface area contributed by atoms with Gasteiger partial charge in [-0.25, -0.2) is 47.7 Å². The minimum absolute atomic E-state index is 0.0651. The minimum Gasteiger partial charge on any atom is -0.756 e. The van der Waals surface area contributed by atoms with Crippen LogP contribution in [0.3, 0.4) is 0 Å². The zero-order chi connectivity index (χ0) is 90.0. The zero-order valence-electron chi connectivity index (χ0n) is 63.1. The van der Waals surface area contributed by atoms with Crippen molar-refractivity contribution in [1.29, 1.82) is 0 Å². The summed E-state index contributed by atoms with van der Waals surface area (Å²) in [7, 11) is -83.0. The molecule has 2 aliphatic heterocycles. The van der Waals surface area contributed by atoms with Gasteiger partial charge in [-0.1, -0.05) is 100 Å². The Morgan fingerprint density at radius 2 is 0.737 bits per heavy atom. The second-order valence-corrected chi connectivity index (χ2v) is 45.8. The molecule has 16 unspecified atom stereocenters. The van der Waals surface area contributed by atoms with Crippen molar-refractivity contribution in [2.45, 2.75) is 224 Å². The third kappa shape index (κ3) is 59.8. The van der Waals surface area contributed by atoms with Crippen molar-refractivity contribution in [3.63, 3.8) is 0 Å². The monoisotopic (exact) mass is 1990 g/mol. The number of terminal acetylenes is 1. The van der Waals surface area contributed by atoms with Crippen LogP contribution in [-0.4, -0.2) is 127 Å². The number of aromatic nitrogens is 3. The van der Waals surface area contributed by atoms with E-state index in [1.807, 2.05) is 6.20 Å². The summed E-state index contributed by atoms with van der Waals surface area (Å²) in [5.74, 6) is 2.45. The molecule has 2 saturated heterocycles. The molecule has 0 radical (unpaired) electrons. The molecular formula is C48H91N6O50P14-13. The van der Waals surface area contributed by atoms with E-state index in [0.717, 1.165) is 103 Å². The fourth-order valence-electron chi connectivity index (χ4n) is 9.24. The number of phosphoric acid groups is 14. The van der Waals surface area contributed by atoms with E-state index < -0.39 is 173 Å². The van der Waals surface area contributed by atoms with Crippen LogP contribution in [-0.2, 0) is 166 Å². The zero-order valence-corrected chi connectivity index (χ0v) is 75.7. The maximum atomic E-state index is 11.9. The van der Waals surface area contributed by atoms with Gasteiger partial charge in [0, 0.05) is 57.7 Å². The summed E-state index contributed by atoms with van der Waals surface area (Å²) in [4.78, 5) is 164. The normalized spacial score (nSPS) is 24.2. The number of ether oxygens (including phenoxy) is 2. The highest BCUT2D eigenvalue weighted by Crippen LogP contribution is 2.73. The second kappa shape index (κ2) is 55.6. The number of hydrogen-bond donors (Lipinski definition) is 3. The van der Waals surface area contributed by atoms with Gasteiger partial charge in [0.25, 0.3) is 102 Å². The number of phosphoric ester groups is 6. The molecule has 2 aliphatic rings. The number of unbranched alkanes of at least 4 members (excludes halogenated alkanes) is 19. The number of aliphatic hydroxyl groups is 2. The van der Waals surface area contributed by atoms with E-state index >= 15 is 0 Å². The highest BCUT2D eigenvalue weighted by Gasteiger charge is 2.38. The Kier molecular flexibility index (Phi) is 54.6. The summed E-state index contributed by atoms with van der Waals surface area (Å²) in [5.41, 5.74) is 8.97. The summed E-state index contributed by atoms with van der Waals surface area (Å²) >= 11 is 0. The molecule has 20 atom stereocenters. The van der Waals surface area contributed by atoms with E-state index in [9.17, 15) is 143 Å². The average molecular weight is 1990 g/mol. The molecule has 0 amide bonds. The molecule has 0 bridgehead atoms. The van der Waals surface area contributed by atoms with Gasteiger partial charge in [-0.05, 0) is 77.2 Å². The van der Waals surface area contributed by atoms with Crippen LogP contribution in [0, 0.1) is 12.3 Å². The third-order valence-corrected chi connectivity index (χ3v) is 34.0. The number of aryl methyl sites for hydroxylation is 2. The average Bonchev–Trinajstić information content (AvgIpc) is 1.16. The Labute approximate surface area is 677 Å². The highest BCUT2D eigenvalue weighted by molar-refractivity contribution is 7.72. The van der Waals surface area contributed by atoms with Gasteiger partial charge >= 0.3 is 7.82 Å². The lowest BCUT2D eigenvalue weighted by molar-refractivity contribution is -0.264. The van der Waals surface area contributed by atoms with Crippen molar-refractivity contribution < 1.29 is 231 Å². The summed E-state index contributed by atoms with van der Waals surface area (Å²) in [6.07, 6.45) is 17.9. The van der Waals surface area contributed by atoms with Gasteiger partial charge in [0.1, 0.15) is 12.2 Å². The number of rotatable bonds is 65. The second-order valence-electron chi connectivity index (χ2n) is 24.4. The summed E-state index contributed by atoms with van der Waals surface area (Å²) < 4.78 is 243. The summed E-state index contributed by atoms with van der Waals surface area (Å²) in [5, 5.41) is 31.0. The van der Waals surface area contributed by atoms with E-state index in [-0.39, 0.29) is 38.9 Å². The van der Waals surface area contributed by atoms with Crippen LogP contribution < -0.4 is 63.6 Å². The predicted octanol–water partition coefficient (Wildman–Crippen LogP) is 3.53. The first-order valence-electron chi connectivity index (χ1n) is 34.7. The number of aliphatic hydroxyl groups excluding tert-OH is 2. The third-order valence-electron chi connectivity index (χ3n) is 14.2. The molecule has 3 heterocycles. The Morgan fingerprint density at radius 1 is 0.441 bits per heavy atom. The molecule has 0 aliphatic carbocycles. The molecule has 70 heteroatoms. The SMILES string of the molecule is C#CCCCCOP(=O)([O-])OC.COP(=O)(O)OCCCCc1cn(CCCCCCCCCCCOP(=O)([O-])OP(=O)([O-])OP(=O)([O-])OP(=O)([O-])OP(=O)([O-])OP(=O)([O-])OC[C@H]2O[C@@H](C)CC2O)nn1.C[C@H]1CC(O)[C@@H](COP(=O)([O-])OP(=O)([O-])OP(=O)([O-])OP(=O)([O-])OP(=O)([O-])OP(=O)([O-])OCCCCCCCCCCCN=[N+]=[N-])O1. The van der Waals surface area contributed by atoms with Gasteiger partial charge in [-0.2, -0.15) is 0 Å². The van der Waals surface area contributed by atoms with Crippen LogP contribution in [0.5, 0.6) is 0 Å². The van der Waals surface area contributed by atoms with Crippen molar-refractivity contribution in [2.24, 2.45) is 5.11 Å². The van der Waals surface area contributed by atoms with Gasteiger partial charge in [0.05, 0.1) is 69.8 Å². The number of nitrogens with zero attached hydrogens (tertiary/aromatic N) is 6. The van der Waals surface area contributed by atoms with Crippen molar-refractivity contribution in [2.75, 3.05) is 60.4 Å². The van der Waals surface area contributed by atoms with Crippen molar-refractivity contribution >= 4 is 110 Å². The molecule has 2 fully saturated rings. The molecule has 0 aromatic carbocycles. The van der Waals surface area contributed by atoms with Gasteiger partial charge in [0.2, 0.25) is 0 Å². The van der Waals surface area contributed by atoms with Crippen LogP contribution >= 0.6 is 110 Å². The van der Waals surface area contributed by atoms with E-state index in [0.29, 0.717) is 70.9 Å². The van der Waals surface area contributed by atoms with E-state index in [2.05, 4.69) is 101 Å². The van der Waals surface area contributed by atoms with Crippen molar-refractivity contribution in [3.8, 4) is 12.3 Å². The predicted molar refractivity (Wildman–Crippen MR) is 372 cm³/mol. The Bertz CT molecular complexity index is 3970. The lowest BCUT2D eigenvalue weighted by atomic mass is 10.1. The Balaban J connectivity index is 0.00000105. The molecule has 56 nitrogen and oxygen atoms in total. The molecule has 1 aromatic heterocycles. The Hall–Kier alpha value is -0.210. The van der Waals surface area contributed by atoms with Gasteiger partial charge < -0.3 is 115 Å². The molecular weight excluding hydrogens is 1890 g/mol. The molecule has 1 aromatic rings.